The van der Waals surface area contributed by atoms with Gasteiger partial charge in [-0.3, -0.25) is 0 Å². The second-order valence-corrected chi connectivity index (χ2v) is 13.8. The molecule has 10 aromatic rings. The Morgan fingerprint density at radius 2 is 0.596 bits per heavy atom. The van der Waals surface area contributed by atoms with Crippen LogP contribution in [0.5, 0.6) is 0 Å². The first kappa shape index (κ1) is 28.9. The third kappa shape index (κ3) is 4.58. The Morgan fingerprint density at radius 3 is 1.04 bits per heavy atom. The van der Waals surface area contributed by atoms with Crippen LogP contribution in [0.1, 0.15) is 22.3 Å². The zero-order valence-electron chi connectivity index (χ0n) is 28.2. The maximum atomic E-state index is 5.65. The highest BCUT2D eigenvalue weighted by molar-refractivity contribution is 6.26. The number of nitrogens with zero attached hydrogens (tertiary/aromatic N) is 2. The molecule has 0 spiro atoms. The molecule has 52 heavy (non-hydrogen) atoms. The molecule has 0 amide bonds. The molecule has 240 valence electrons. The molecule has 0 saturated heterocycles. The highest BCUT2D eigenvalue weighted by Crippen LogP contribution is 2.39. The van der Waals surface area contributed by atoms with Gasteiger partial charge in [-0.15, -0.1) is 0 Å². The van der Waals surface area contributed by atoms with Crippen LogP contribution in [0.2, 0.25) is 0 Å². The van der Waals surface area contributed by atoms with Gasteiger partial charge in [0.25, 0.3) is 0 Å². The molecule has 1 aliphatic heterocycles. The van der Waals surface area contributed by atoms with Gasteiger partial charge in [0, 0.05) is 22.3 Å². The fourth-order valence-corrected chi connectivity index (χ4v) is 8.14. The van der Waals surface area contributed by atoms with Crippen LogP contribution in [0.25, 0.3) is 64.6 Å². The maximum Gasteiger partial charge on any atom is 0.0803 e. The molecule has 2 heteroatoms. The van der Waals surface area contributed by atoms with Crippen molar-refractivity contribution in [3.8, 4) is 0 Å². The quantitative estimate of drug-likeness (QED) is 0.165. The molecule has 10 aromatic carbocycles. The first-order valence-corrected chi connectivity index (χ1v) is 17.8. The fourth-order valence-electron chi connectivity index (χ4n) is 8.14. The van der Waals surface area contributed by atoms with Crippen molar-refractivity contribution in [1.29, 1.82) is 0 Å². The molecular weight excluding hydrogens is 629 g/mol. The summed E-state index contributed by atoms with van der Waals surface area (Å²) in [5, 5.41) is 14.5. The van der Waals surface area contributed by atoms with Gasteiger partial charge in [-0.1, -0.05) is 146 Å². The van der Waals surface area contributed by atoms with E-state index in [0.717, 1.165) is 66.6 Å². The molecule has 0 unspecified atom stereocenters. The summed E-state index contributed by atoms with van der Waals surface area (Å²) in [7, 11) is 0. The Balaban J connectivity index is 1.21. The number of hydrogen-bond acceptors (Lipinski definition) is 2. The average Bonchev–Trinajstić information content (AvgIpc) is 3.20. The third-order valence-electron chi connectivity index (χ3n) is 10.7. The molecule has 0 fully saturated rings. The summed E-state index contributed by atoms with van der Waals surface area (Å²) >= 11 is 0. The number of hydrogen-bond donors (Lipinski definition) is 0. The van der Waals surface area contributed by atoms with E-state index in [-0.39, 0.29) is 0 Å². The Morgan fingerprint density at radius 1 is 0.250 bits per heavy atom. The van der Waals surface area contributed by atoms with Gasteiger partial charge in [-0.25, -0.2) is 9.98 Å². The van der Waals surface area contributed by atoms with E-state index in [4.69, 9.17) is 9.98 Å². The van der Waals surface area contributed by atoms with Crippen LogP contribution < -0.4 is 0 Å². The zero-order valence-corrected chi connectivity index (χ0v) is 28.2. The van der Waals surface area contributed by atoms with Crippen LogP contribution >= 0.6 is 0 Å². The molecule has 0 aromatic heterocycles. The van der Waals surface area contributed by atoms with E-state index >= 15 is 0 Å². The summed E-state index contributed by atoms with van der Waals surface area (Å²) in [4.78, 5) is 11.3. The van der Waals surface area contributed by atoms with E-state index in [1.54, 1.807) is 0 Å². The van der Waals surface area contributed by atoms with Crippen LogP contribution in [0.3, 0.4) is 0 Å². The molecule has 1 aliphatic rings. The molecule has 0 aliphatic carbocycles. The minimum Gasteiger partial charge on any atom is -0.247 e. The Labute approximate surface area is 300 Å². The lowest BCUT2D eigenvalue weighted by Crippen LogP contribution is -2.10. The van der Waals surface area contributed by atoms with Crippen molar-refractivity contribution in [2.45, 2.75) is 0 Å². The second kappa shape index (κ2) is 11.3. The maximum absolute atomic E-state index is 5.65. The first-order valence-electron chi connectivity index (χ1n) is 17.8. The Bertz CT molecular complexity index is 2970. The smallest absolute Gasteiger partial charge is 0.0803 e. The number of rotatable bonds is 2. The molecule has 11 rings (SSSR count). The van der Waals surface area contributed by atoms with Crippen molar-refractivity contribution in [2.75, 3.05) is 0 Å². The fraction of sp³-hybridized carbons (Fsp3) is 0. The van der Waals surface area contributed by atoms with E-state index in [1.165, 1.54) is 43.1 Å². The van der Waals surface area contributed by atoms with Gasteiger partial charge in [0.1, 0.15) is 0 Å². The minimum atomic E-state index is 0.906. The van der Waals surface area contributed by atoms with Gasteiger partial charge in [-0.2, -0.15) is 0 Å². The average molecular weight is 659 g/mol. The van der Waals surface area contributed by atoms with Gasteiger partial charge in [-0.05, 0) is 101 Å². The molecule has 0 radical (unpaired) electrons. The second-order valence-electron chi connectivity index (χ2n) is 13.8. The lowest BCUT2D eigenvalue weighted by Gasteiger charge is -2.20. The van der Waals surface area contributed by atoms with Gasteiger partial charge in [0.2, 0.25) is 0 Å². The van der Waals surface area contributed by atoms with Crippen molar-refractivity contribution in [2.24, 2.45) is 9.98 Å². The van der Waals surface area contributed by atoms with E-state index in [0.29, 0.717) is 0 Å². The van der Waals surface area contributed by atoms with Crippen molar-refractivity contribution in [1.82, 2.24) is 0 Å². The third-order valence-corrected chi connectivity index (χ3v) is 10.7. The van der Waals surface area contributed by atoms with E-state index in [9.17, 15) is 0 Å². The predicted molar refractivity (Wildman–Crippen MR) is 221 cm³/mol. The molecule has 0 N–H and O–H groups in total. The predicted octanol–water partition coefficient (Wildman–Crippen LogP) is 13.3. The van der Waals surface area contributed by atoms with Gasteiger partial charge >= 0.3 is 0 Å². The lowest BCUT2D eigenvalue weighted by molar-refractivity contribution is 1.41. The van der Waals surface area contributed by atoms with Crippen molar-refractivity contribution < 1.29 is 0 Å². The van der Waals surface area contributed by atoms with E-state index in [1.807, 2.05) is 0 Å². The number of benzene rings is 10. The molecule has 0 bridgehead atoms. The molecule has 0 saturated carbocycles. The zero-order chi connectivity index (χ0) is 34.2. The summed E-state index contributed by atoms with van der Waals surface area (Å²) in [6, 6.07) is 65.7. The highest BCUT2D eigenvalue weighted by atomic mass is 14.8. The SMILES string of the molecule is c1ccc2cc3c(cc2c1)/N=C(/c1ccc2c(ccc4ccccc42)c1)c1cc2ccccc2cc1/N=C\3c1ccc2c(ccc3ccccc32)c1. The largest absolute Gasteiger partial charge is 0.247 e. The summed E-state index contributed by atoms with van der Waals surface area (Å²) in [5.41, 5.74) is 7.81. The molecular formula is C50H30N2. The monoisotopic (exact) mass is 658 g/mol. The van der Waals surface area contributed by atoms with Crippen LogP contribution in [0, 0.1) is 0 Å². The van der Waals surface area contributed by atoms with Crippen LogP contribution in [-0.2, 0) is 0 Å². The topological polar surface area (TPSA) is 24.7 Å². The molecule has 0 atom stereocenters. The lowest BCUT2D eigenvalue weighted by atomic mass is 9.91. The number of fused-ring (bicyclic) bond motifs is 10. The number of aliphatic imine (C=N–C) groups is 2. The van der Waals surface area contributed by atoms with Crippen molar-refractivity contribution >= 4 is 87.4 Å². The summed E-state index contributed by atoms with van der Waals surface area (Å²) in [5.74, 6) is 0. The normalized spacial score (nSPS) is 14.8. The van der Waals surface area contributed by atoms with Crippen LogP contribution in [0.4, 0.5) is 11.4 Å². The van der Waals surface area contributed by atoms with Crippen molar-refractivity contribution in [3.05, 3.63) is 204 Å². The first-order chi connectivity index (χ1) is 25.7. The Hall–Kier alpha value is -6.90. The van der Waals surface area contributed by atoms with E-state index in [2.05, 4.69) is 182 Å². The highest BCUT2D eigenvalue weighted by Gasteiger charge is 2.22. The summed E-state index contributed by atoms with van der Waals surface area (Å²) < 4.78 is 0. The van der Waals surface area contributed by atoms with Crippen molar-refractivity contribution in [3.63, 3.8) is 0 Å². The summed E-state index contributed by atoms with van der Waals surface area (Å²) in [6.45, 7) is 0. The molecule has 2 nitrogen and oxygen atoms in total. The van der Waals surface area contributed by atoms with Crippen LogP contribution in [0.15, 0.2) is 192 Å². The standard InChI is InChI=1S/C50H30N2/c1-3-13-35-29-47-45(27-33(35)11-1)49(39-21-23-43-37(25-39)19-17-31-9-5-7-15-41(31)43)52-48-30-36-14-4-2-12-34(36)28-46(48)50(51-47)40-22-24-44-38(26-40)20-18-32-10-6-8-16-42(32)44/h1-30H/b49-45?,50-46?,51-47?,51-50-,52-48?,52-49-. The minimum absolute atomic E-state index is 0.906. The van der Waals surface area contributed by atoms with Gasteiger partial charge in [0.15, 0.2) is 0 Å². The van der Waals surface area contributed by atoms with E-state index < -0.39 is 0 Å². The summed E-state index contributed by atoms with van der Waals surface area (Å²) in [6.07, 6.45) is 0. The van der Waals surface area contributed by atoms with Gasteiger partial charge in [0.05, 0.1) is 22.8 Å². The molecule has 1 heterocycles. The van der Waals surface area contributed by atoms with Gasteiger partial charge < -0.3 is 0 Å². The Kier molecular flexibility index (Phi) is 6.28. The van der Waals surface area contributed by atoms with Crippen LogP contribution in [-0.4, -0.2) is 11.4 Å².